The number of carbonyl (C=O) groups is 3. The number of aryl methyl sites for hydroxylation is 1. The van der Waals surface area contributed by atoms with Gasteiger partial charge in [-0.2, -0.15) is 0 Å². The predicted molar refractivity (Wildman–Crippen MR) is 103 cm³/mol. The van der Waals surface area contributed by atoms with Crippen LogP contribution in [0.3, 0.4) is 0 Å². The minimum absolute atomic E-state index is 0.297. The van der Waals surface area contributed by atoms with Gasteiger partial charge >= 0.3 is 5.97 Å². The van der Waals surface area contributed by atoms with Gasteiger partial charge in [-0.05, 0) is 68.7 Å². The smallest absolute Gasteiger partial charge is 0.338 e. The first kappa shape index (κ1) is 18.6. The van der Waals surface area contributed by atoms with Gasteiger partial charge in [0.15, 0.2) is 0 Å². The summed E-state index contributed by atoms with van der Waals surface area (Å²) in [6.45, 7) is 3.98. The molecule has 2 N–H and O–H groups in total. The molecule has 27 heavy (non-hydrogen) atoms. The Morgan fingerprint density at radius 2 is 1.59 bits per heavy atom. The Labute approximate surface area is 157 Å². The number of carbonyl (C=O) groups excluding carboxylic acids is 3. The molecule has 6 heteroatoms. The van der Waals surface area contributed by atoms with Crippen LogP contribution in [-0.4, -0.2) is 24.4 Å². The second kappa shape index (κ2) is 7.61. The van der Waals surface area contributed by atoms with Gasteiger partial charge in [0.2, 0.25) is 11.8 Å². The van der Waals surface area contributed by atoms with Gasteiger partial charge in [0, 0.05) is 11.4 Å². The van der Waals surface area contributed by atoms with E-state index in [9.17, 15) is 14.4 Å². The topological polar surface area (TPSA) is 84.5 Å². The van der Waals surface area contributed by atoms with Gasteiger partial charge < -0.3 is 15.4 Å². The Hall–Kier alpha value is -3.15. The van der Waals surface area contributed by atoms with Gasteiger partial charge in [-0.1, -0.05) is 12.1 Å². The van der Waals surface area contributed by atoms with E-state index < -0.39 is 11.4 Å². The lowest BCUT2D eigenvalue weighted by molar-refractivity contribution is -0.131. The molecule has 140 valence electrons. The normalized spacial score (nSPS) is 14.1. The minimum atomic E-state index is -1.04. The first-order valence-electron chi connectivity index (χ1n) is 8.91. The summed E-state index contributed by atoms with van der Waals surface area (Å²) in [6, 6.07) is 13.9. The number of amides is 2. The quantitative estimate of drug-likeness (QED) is 0.605. The summed E-state index contributed by atoms with van der Waals surface area (Å²) in [7, 11) is 0. The summed E-state index contributed by atoms with van der Waals surface area (Å²) in [5.74, 6) is -1.04. The third kappa shape index (κ3) is 4.16. The van der Waals surface area contributed by atoms with E-state index in [-0.39, 0.29) is 11.8 Å². The number of rotatable bonds is 6. The Morgan fingerprint density at radius 3 is 2.15 bits per heavy atom. The summed E-state index contributed by atoms with van der Waals surface area (Å²) >= 11 is 0. The van der Waals surface area contributed by atoms with Crippen molar-refractivity contribution in [3.63, 3.8) is 0 Å². The predicted octanol–water partition coefficient (Wildman–Crippen LogP) is 3.53. The van der Waals surface area contributed by atoms with Crippen molar-refractivity contribution in [3.05, 3.63) is 59.7 Å². The lowest BCUT2D eigenvalue weighted by atomic mass is 10.0. The highest BCUT2D eigenvalue weighted by Gasteiger charge is 2.56. The summed E-state index contributed by atoms with van der Waals surface area (Å²) < 4.78 is 4.93. The molecule has 3 rings (SSSR count). The number of hydrogen-bond acceptors (Lipinski definition) is 4. The molecule has 0 heterocycles. The fourth-order valence-corrected chi connectivity index (χ4v) is 2.81. The molecule has 2 aromatic carbocycles. The number of hydrogen-bond donors (Lipinski definition) is 2. The van der Waals surface area contributed by atoms with Gasteiger partial charge in [-0.25, -0.2) is 4.79 Å². The average molecular weight is 366 g/mol. The van der Waals surface area contributed by atoms with Crippen molar-refractivity contribution in [2.45, 2.75) is 26.7 Å². The van der Waals surface area contributed by atoms with E-state index in [0.717, 1.165) is 5.56 Å². The van der Waals surface area contributed by atoms with Gasteiger partial charge in [0.05, 0.1) is 12.2 Å². The van der Waals surface area contributed by atoms with Crippen molar-refractivity contribution in [1.29, 1.82) is 0 Å². The highest BCUT2D eigenvalue weighted by atomic mass is 16.5. The van der Waals surface area contributed by atoms with Crippen LogP contribution in [0, 0.1) is 12.3 Å². The Balaban J connectivity index is 1.64. The van der Waals surface area contributed by atoms with Crippen molar-refractivity contribution in [1.82, 2.24) is 0 Å². The monoisotopic (exact) mass is 366 g/mol. The fraction of sp³-hybridized carbons (Fsp3) is 0.286. The third-order valence-electron chi connectivity index (χ3n) is 4.55. The molecule has 1 saturated carbocycles. The maximum Gasteiger partial charge on any atom is 0.338 e. The largest absolute Gasteiger partial charge is 0.462 e. The molecule has 0 atom stereocenters. The maximum absolute atomic E-state index is 12.7. The zero-order valence-corrected chi connectivity index (χ0v) is 15.4. The number of esters is 1. The van der Waals surface area contributed by atoms with Crippen LogP contribution in [0.25, 0.3) is 0 Å². The number of anilines is 2. The van der Waals surface area contributed by atoms with Crippen molar-refractivity contribution < 1.29 is 19.1 Å². The number of nitrogens with one attached hydrogen (secondary N) is 2. The highest BCUT2D eigenvalue weighted by molar-refractivity contribution is 6.17. The maximum atomic E-state index is 12.7. The molecule has 0 aromatic heterocycles. The molecule has 0 spiro atoms. The van der Waals surface area contributed by atoms with Gasteiger partial charge in [0.1, 0.15) is 5.41 Å². The van der Waals surface area contributed by atoms with Crippen LogP contribution in [0.4, 0.5) is 11.4 Å². The van der Waals surface area contributed by atoms with E-state index >= 15 is 0 Å². The average Bonchev–Trinajstić information content (AvgIpc) is 3.44. The van der Waals surface area contributed by atoms with Crippen LogP contribution in [0.5, 0.6) is 0 Å². The lowest BCUT2D eigenvalue weighted by Crippen LogP contribution is -2.35. The van der Waals surface area contributed by atoms with Crippen molar-refractivity contribution in [2.75, 3.05) is 17.2 Å². The van der Waals surface area contributed by atoms with Crippen molar-refractivity contribution >= 4 is 29.2 Å². The fourth-order valence-electron chi connectivity index (χ4n) is 2.81. The molecule has 0 unspecified atom stereocenters. The summed E-state index contributed by atoms with van der Waals surface area (Å²) in [6.07, 6.45) is 1.02. The summed E-state index contributed by atoms with van der Waals surface area (Å²) in [5, 5.41) is 5.60. The molecule has 2 aromatic rings. The van der Waals surface area contributed by atoms with Crippen LogP contribution in [0.15, 0.2) is 48.5 Å². The Bertz CT molecular complexity index is 870. The number of benzene rings is 2. The lowest BCUT2D eigenvalue weighted by Gasteiger charge is -2.16. The summed E-state index contributed by atoms with van der Waals surface area (Å²) in [4.78, 5) is 36.9. The highest BCUT2D eigenvalue weighted by Crippen LogP contribution is 2.47. The van der Waals surface area contributed by atoms with Crippen LogP contribution in [0.2, 0.25) is 0 Å². The molecule has 0 aliphatic heterocycles. The first-order valence-corrected chi connectivity index (χ1v) is 8.91. The zero-order valence-electron chi connectivity index (χ0n) is 15.4. The second-order valence-corrected chi connectivity index (χ2v) is 6.66. The molecule has 1 fully saturated rings. The standard InChI is InChI=1S/C21H22N2O4/c1-3-27-18(24)15-7-9-16(10-8-15)22-19(25)21(11-12-21)20(26)23-17-6-4-5-14(2)13-17/h4-10,13H,3,11-12H2,1-2H3,(H,22,25)(H,23,26). The molecule has 0 bridgehead atoms. The molecular formula is C21H22N2O4. The zero-order chi connectivity index (χ0) is 19.4. The van der Waals surface area contributed by atoms with E-state index in [0.29, 0.717) is 36.4 Å². The van der Waals surface area contributed by atoms with Crippen LogP contribution < -0.4 is 10.6 Å². The first-order chi connectivity index (χ1) is 12.9. The summed E-state index contributed by atoms with van der Waals surface area (Å²) in [5.41, 5.74) is 1.61. The van der Waals surface area contributed by atoms with E-state index in [1.54, 1.807) is 37.3 Å². The molecule has 1 aliphatic carbocycles. The second-order valence-electron chi connectivity index (χ2n) is 6.66. The minimum Gasteiger partial charge on any atom is -0.462 e. The molecular weight excluding hydrogens is 344 g/mol. The van der Waals surface area contributed by atoms with E-state index in [2.05, 4.69) is 10.6 Å². The van der Waals surface area contributed by atoms with Gasteiger partial charge in [0.25, 0.3) is 0 Å². The van der Waals surface area contributed by atoms with Crippen molar-refractivity contribution in [2.24, 2.45) is 5.41 Å². The molecule has 0 radical (unpaired) electrons. The molecule has 1 aliphatic rings. The number of ether oxygens (including phenoxy) is 1. The van der Waals surface area contributed by atoms with E-state index in [1.807, 2.05) is 25.1 Å². The van der Waals surface area contributed by atoms with Crippen molar-refractivity contribution in [3.8, 4) is 0 Å². The Morgan fingerprint density at radius 1 is 0.963 bits per heavy atom. The van der Waals surface area contributed by atoms with Gasteiger partial charge in [-0.3, -0.25) is 9.59 Å². The third-order valence-corrected chi connectivity index (χ3v) is 4.55. The van der Waals surface area contributed by atoms with E-state index in [4.69, 9.17) is 4.74 Å². The van der Waals surface area contributed by atoms with Crippen LogP contribution >= 0.6 is 0 Å². The van der Waals surface area contributed by atoms with E-state index in [1.165, 1.54) is 0 Å². The molecule has 2 amide bonds. The van der Waals surface area contributed by atoms with Crippen LogP contribution in [-0.2, 0) is 14.3 Å². The molecule has 6 nitrogen and oxygen atoms in total. The van der Waals surface area contributed by atoms with Crippen LogP contribution in [0.1, 0.15) is 35.7 Å². The SMILES string of the molecule is CCOC(=O)c1ccc(NC(=O)C2(C(=O)Nc3cccc(C)c3)CC2)cc1. The Kier molecular flexibility index (Phi) is 5.26. The molecule has 0 saturated heterocycles. The van der Waals surface area contributed by atoms with Gasteiger partial charge in [-0.15, -0.1) is 0 Å².